The van der Waals surface area contributed by atoms with Crippen LogP contribution in [0.4, 0.5) is 0 Å². The Balaban J connectivity index is 4.76. The van der Waals surface area contributed by atoms with E-state index in [0.29, 0.717) is 0 Å². The molecule has 0 fully saturated rings. The summed E-state index contributed by atoms with van der Waals surface area (Å²) in [6, 6.07) is 0. The predicted molar refractivity (Wildman–Crippen MR) is 50.5 cm³/mol. The summed E-state index contributed by atoms with van der Waals surface area (Å²) in [6.07, 6.45) is 0. The lowest BCUT2D eigenvalue weighted by Crippen LogP contribution is -2.12. The van der Waals surface area contributed by atoms with E-state index < -0.39 is 13.7 Å². The minimum absolute atomic E-state index is 0.119. The molecule has 0 bridgehead atoms. The SMILES string of the molecule is COP(=O)(OC)O/C(C)=C(\Cl)C(N)=O. The van der Waals surface area contributed by atoms with E-state index in [9.17, 15) is 9.36 Å². The van der Waals surface area contributed by atoms with Gasteiger partial charge in [0, 0.05) is 14.2 Å². The maximum Gasteiger partial charge on any atom is 0.529 e. The number of hydrogen-bond donors (Lipinski definition) is 1. The molecular formula is C6H11ClNO5P. The summed E-state index contributed by atoms with van der Waals surface area (Å²) in [5.41, 5.74) is 4.86. The second-order valence-corrected chi connectivity index (χ2v) is 4.32. The molecule has 82 valence electrons. The van der Waals surface area contributed by atoms with Crippen molar-refractivity contribution in [3.05, 3.63) is 10.8 Å². The van der Waals surface area contributed by atoms with E-state index in [4.69, 9.17) is 21.9 Å². The third-order valence-electron chi connectivity index (χ3n) is 1.22. The van der Waals surface area contributed by atoms with Gasteiger partial charge in [0.25, 0.3) is 5.91 Å². The maximum atomic E-state index is 11.4. The second-order valence-electron chi connectivity index (χ2n) is 2.14. The predicted octanol–water partition coefficient (Wildman–Crippen LogP) is 1.36. The van der Waals surface area contributed by atoms with Crippen molar-refractivity contribution >= 4 is 25.3 Å². The molecule has 0 radical (unpaired) electrons. The summed E-state index contributed by atoms with van der Waals surface area (Å²) in [5, 5.41) is -0.362. The second kappa shape index (κ2) is 5.36. The van der Waals surface area contributed by atoms with Crippen molar-refractivity contribution in [3.63, 3.8) is 0 Å². The number of carbonyl (C=O) groups excluding carboxylic acids is 1. The first-order chi connectivity index (χ1) is 6.36. The number of carbonyl (C=O) groups is 1. The van der Waals surface area contributed by atoms with E-state index in [1.807, 2.05) is 0 Å². The topological polar surface area (TPSA) is 87.8 Å². The summed E-state index contributed by atoms with van der Waals surface area (Å²) < 4.78 is 25.0. The van der Waals surface area contributed by atoms with Crippen LogP contribution in [0, 0.1) is 0 Å². The van der Waals surface area contributed by atoms with Crippen LogP contribution in [0.5, 0.6) is 0 Å². The molecule has 6 nitrogen and oxygen atoms in total. The Kier molecular flexibility index (Phi) is 5.15. The van der Waals surface area contributed by atoms with E-state index in [-0.39, 0.29) is 10.8 Å². The van der Waals surface area contributed by atoms with Crippen LogP contribution < -0.4 is 5.73 Å². The molecule has 14 heavy (non-hydrogen) atoms. The molecule has 0 saturated carbocycles. The summed E-state index contributed by atoms with van der Waals surface area (Å²) in [6.45, 7) is 1.32. The summed E-state index contributed by atoms with van der Waals surface area (Å²) in [4.78, 5) is 10.6. The van der Waals surface area contributed by atoms with Gasteiger partial charge < -0.3 is 10.3 Å². The van der Waals surface area contributed by atoms with Crippen molar-refractivity contribution in [2.75, 3.05) is 14.2 Å². The van der Waals surface area contributed by atoms with Crippen LogP contribution in [0.2, 0.25) is 0 Å². The highest BCUT2D eigenvalue weighted by Gasteiger charge is 2.26. The van der Waals surface area contributed by atoms with Crippen molar-refractivity contribution < 1.29 is 22.9 Å². The van der Waals surface area contributed by atoms with Gasteiger partial charge in [-0.2, -0.15) is 0 Å². The van der Waals surface area contributed by atoms with Crippen LogP contribution in [0.15, 0.2) is 10.8 Å². The number of amides is 1. The Bertz CT molecular complexity index is 295. The Morgan fingerprint density at radius 1 is 1.36 bits per heavy atom. The van der Waals surface area contributed by atoms with Crippen LogP contribution in [-0.2, 0) is 22.9 Å². The lowest BCUT2D eigenvalue weighted by molar-refractivity contribution is -0.114. The van der Waals surface area contributed by atoms with Crippen molar-refractivity contribution in [1.82, 2.24) is 0 Å². The normalized spacial score (nSPS) is 13.4. The van der Waals surface area contributed by atoms with Gasteiger partial charge in [0.1, 0.15) is 10.8 Å². The van der Waals surface area contributed by atoms with Crippen molar-refractivity contribution in [1.29, 1.82) is 0 Å². The quantitative estimate of drug-likeness (QED) is 0.447. The lowest BCUT2D eigenvalue weighted by atomic mass is 10.5. The minimum Gasteiger partial charge on any atom is -0.407 e. The molecule has 0 saturated heterocycles. The van der Waals surface area contributed by atoms with Gasteiger partial charge >= 0.3 is 7.82 Å². The van der Waals surface area contributed by atoms with Crippen LogP contribution in [0.3, 0.4) is 0 Å². The molecule has 0 aromatic carbocycles. The zero-order valence-corrected chi connectivity index (χ0v) is 9.59. The first-order valence-corrected chi connectivity index (χ1v) is 5.27. The molecule has 0 aromatic heterocycles. The number of nitrogens with two attached hydrogens (primary N) is 1. The van der Waals surface area contributed by atoms with E-state index in [0.717, 1.165) is 14.2 Å². The largest absolute Gasteiger partial charge is 0.529 e. The lowest BCUT2D eigenvalue weighted by Gasteiger charge is -2.14. The number of phosphoric acid groups is 1. The first kappa shape index (κ1) is 13.4. The summed E-state index contributed by atoms with van der Waals surface area (Å²) in [5.74, 6) is -1.01. The van der Waals surface area contributed by atoms with Gasteiger partial charge in [0.05, 0.1) is 0 Å². The minimum atomic E-state index is -3.68. The highest BCUT2D eigenvalue weighted by molar-refractivity contribution is 7.48. The zero-order valence-electron chi connectivity index (χ0n) is 7.94. The number of phosphoric ester groups is 1. The fraction of sp³-hybridized carbons (Fsp3) is 0.500. The van der Waals surface area contributed by atoms with Crippen molar-refractivity contribution in [2.24, 2.45) is 5.73 Å². The van der Waals surface area contributed by atoms with E-state index in [1.165, 1.54) is 6.92 Å². The Morgan fingerprint density at radius 2 is 1.79 bits per heavy atom. The van der Waals surface area contributed by atoms with Gasteiger partial charge in [-0.05, 0) is 6.92 Å². The molecule has 0 aliphatic rings. The average molecular weight is 244 g/mol. The fourth-order valence-corrected chi connectivity index (χ4v) is 1.35. The van der Waals surface area contributed by atoms with Gasteiger partial charge in [-0.1, -0.05) is 11.6 Å². The standard InChI is InChI=1S/C6H11ClNO5P/c1-4(5(7)6(8)9)13-14(10,11-2)12-3/h1-3H3,(H2,8,9)/b5-4-. The van der Waals surface area contributed by atoms with E-state index in [1.54, 1.807) is 0 Å². The molecule has 0 heterocycles. The Morgan fingerprint density at radius 3 is 2.07 bits per heavy atom. The van der Waals surface area contributed by atoms with Crippen LogP contribution in [-0.4, -0.2) is 20.1 Å². The number of primary amides is 1. The molecule has 8 heteroatoms. The number of hydrogen-bond acceptors (Lipinski definition) is 5. The van der Waals surface area contributed by atoms with E-state index >= 15 is 0 Å². The molecule has 0 rings (SSSR count). The number of allylic oxidation sites excluding steroid dienone is 1. The molecule has 0 spiro atoms. The molecule has 0 aliphatic carbocycles. The van der Waals surface area contributed by atoms with Gasteiger partial charge in [-0.15, -0.1) is 0 Å². The van der Waals surface area contributed by atoms with Crippen molar-refractivity contribution in [2.45, 2.75) is 6.92 Å². The third-order valence-corrected chi connectivity index (χ3v) is 3.07. The number of rotatable bonds is 5. The molecule has 0 aliphatic heterocycles. The third kappa shape index (κ3) is 3.67. The smallest absolute Gasteiger partial charge is 0.407 e. The molecule has 0 atom stereocenters. The average Bonchev–Trinajstić information content (AvgIpc) is 2.16. The van der Waals surface area contributed by atoms with Gasteiger partial charge in [-0.3, -0.25) is 13.8 Å². The summed E-state index contributed by atoms with van der Waals surface area (Å²) in [7, 11) is -1.41. The molecule has 0 unspecified atom stereocenters. The maximum absolute atomic E-state index is 11.4. The molecule has 1 amide bonds. The fourth-order valence-electron chi connectivity index (χ4n) is 0.530. The van der Waals surface area contributed by atoms with E-state index in [2.05, 4.69) is 9.05 Å². The van der Waals surface area contributed by atoms with Crippen LogP contribution >= 0.6 is 19.4 Å². The van der Waals surface area contributed by atoms with Crippen molar-refractivity contribution in [3.8, 4) is 0 Å². The number of halogens is 1. The Labute approximate surface area is 86.6 Å². The monoisotopic (exact) mass is 243 g/mol. The van der Waals surface area contributed by atoms with Crippen LogP contribution in [0.25, 0.3) is 0 Å². The Hall–Kier alpha value is -0.550. The first-order valence-electron chi connectivity index (χ1n) is 3.43. The van der Waals surface area contributed by atoms with Gasteiger partial charge in [0.15, 0.2) is 0 Å². The molecular weight excluding hydrogens is 232 g/mol. The molecule has 2 N–H and O–H groups in total. The highest BCUT2D eigenvalue weighted by Crippen LogP contribution is 2.50. The zero-order chi connectivity index (χ0) is 11.4. The molecule has 0 aromatic rings. The summed E-state index contributed by atoms with van der Waals surface area (Å²) >= 11 is 5.43. The highest BCUT2D eigenvalue weighted by atomic mass is 35.5. The van der Waals surface area contributed by atoms with Gasteiger partial charge in [0.2, 0.25) is 0 Å². The van der Waals surface area contributed by atoms with Crippen LogP contribution in [0.1, 0.15) is 6.92 Å². The van der Waals surface area contributed by atoms with Gasteiger partial charge in [-0.25, -0.2) is 4.57 Å².